The number of benzene rings is 2. The fraction of sp³-hybridized carbons (Fsp3) is 0.0952. The standard InChI is InChI=1S/C21H18ClN3O3/c1-2-28-21(27)15-7-3-5-9-17(15)25-20(26)19-13-14(11-12-23-19)24-18-10-6-4-8-16(18)22/h3-13H,2H2,1H3,(H,23,24)(H,25,26). The molecule has 0 spiro atoms. The van der Waals surface area contributed by atoms with Gasteiger partial charge in [-0.15, -0.1) is 0 Å². The molecule has 0 atom stereocenters. The van der Waals surface area contributed by atoms with Crippen LogP contribution in [-0.4, -0.2) is 23.5 Å². The number of nitrogens with one attached hydrogen (secondary N) is 2. The van der Waals surface area contributed by atoms with E-state index >= 15 is 0 Å². The molecule has 7 heteroatoms. The smallest absolute Gasteiger partial charge is 0.340 e. The first kappa shape index (κ1) is 19.4. The SMILES string of the molecule is CCOC(=O)c1ccccc1NC(=O)c1cc(Nc2ccccc2Cl)ccn1. The molecule has 3 rings (SSSR count). The minimum absolute atomic E-state index is 0.190. The zero-order chi connectivity index (χ0) is 19.9. The van der Waals surface area contributed by atoms with Crippen LogP contribution in [0.15, 0.2) is 66.9 Å². The number of carbonyl (C=O) groups excluding carboxylic acids is 2. The largest absolute Gasteiger partial charge is 0.462 e. The van der Waals surface area contributed by atoms with Gasteiger partial charge < -0.3 is 15.4 Å². The Morgan fingerprint density at radius 1 is 1.04 bits per heavy atom. The van der Waals surface area contributed by atoms with Crippen molar-refractivity contribution in [2.75, 3.05) is 17.2 Å². The van der Waals surface area contributed by atoms with E-state index in [9.17, 15) is 9.59 Å². The number of carbonyl (C=O) groups is 2. The van der Waals surface area contributed by atoms with Crippen LogP contribution in [0.4, 0.5) is 17.1 Å². The molecule has 1 aromatic heterocycles. The van der Waals surface area contributed by atoms with Gasteiger partial charge in [-0.05, 0) is 43.3 Å². The summed E-state index contributed by atoms with van der Waals surface area (Å²) in [6.07, 6.45) is 1.52. The van der Waals surface area contributed by atoms with Crippen molar-refractivity contribution >= 4 is 40.5 Å². The second-order valence-electron chi connectivity index (χ2n) is 5.75. The Labute approximate surface area is 167 Å². The molecule has 0 bridgehead atoms. The summed E-state index contributed by atoms with van der Waals surface area (Å²) in [5, 5.41) is 6.43. The van der Waals surface area contributed by atoms with Gasteiger partial charge >= 0.3 is 5.97 Å². The third-order valence-electron chi connectivity index (χ3n) is 3.82. The average molecular weight is 396 g/mol. The van der Waals surface area contributed by atoms with E-state index in [1.165, 1.54) is 6.20 Å². The molecule has 0 radical (unpaired) electrons. The normalized spacial score (nSPS) is 10.2. The lowest BCUT2D eigenvalue weighted by atomic mass is 10.1. The van der Waals surface area contributed by atoms with E-state index in [2.05, 4.69) is 15.6 Å². The molecular weight excluding hydrogens is 378 g/mol. The fourth-order valence-corrected chi connectivity index (χ4v) is 2.70. The van der Waals surface area contributed by atoms with Gasteiger partial charge in [-0.25, -0.2) is 4.79 Å². The molecule has 0 saturated heterocycles. The third-order valence-corrected chi connectivity index (χ3v) is 4.15. The highest BCUT2D eigenvalue weighted by Crippen LogP contribution is 2.25. The van der Waals surface area contributed by atoms with Crippen LogP contribution in [0.3, 0.4) is 0 Å². The van der Waals surface area contributed by atoms with E-state index in [0.29, 0.717) is 16.4 Å². The van der Waals surface area contributed by atoms with Crippen molar-refractivity contribution in [3.8, 4) is 0 Å². The molecule has 0 fully saturated rings. The number of amides is 1. The highest BCUT2D eigenvalue weighted by molar-refractivity contribution is 6.33. The summed E-state index contributed by atoms with van der Waals surface area (Å²) in [6, 6.07) is 17.3. The lowest BCUT2D eigenvalue weighted by Gasteiger charge is -2.11. The summed E-state index contributed by atoms with van der Waals surface area (Å²) in [4.78, 5) is 28.8. The molecule has 2 aromatic carbocycles. The Bertz CT molecular complexity index is 1010. The van der Waals surface area contributed by atoms with Crippen LogP contribution in [0.25, 0.3) is 0 Å². The van der Waals surface area contributed by atoms with E-state index in [4.69, 9.17) is 16.3 Å². The molecule has 28 heavy (non-hydrogen) atoms. The van der Waals surface area contributed by atoms with Crippen molar-refractivity contribution in [3.63, 3.8) is 0 Å². The summed E-state index contributed by atoms with van der Waals surface area (Å²) in [5.41, 5.74) is 2.21. The zero-order valence-electron chi connectivity index (χ0n) is 15.1. The fourth-order valence-electron chi connectivity index (χ4n) is 2.52. The Balaban J connectivity index is 1.79. The first-order valence-electron chi connectivity index (χ1n) is 8.63. The molecule has 1 heterocycles. The molecule has 0 saturated carbocycles. The second-order valence-corrected chi connectivity index (χ2v) is 6.16. The summed E-state index contributed by atoms with van der Waals surface area (Å²) in [5.74, 6) is -0.944. The van der Waals surface area contributed by atoms with Gasteiger partial charge in [-0.1, -0.05) is 35.9 Å². The highest BCUT2D eigenvalue weighted by atomic mass is 35.5. The predicted octanol–water partition coefficient (Wildman–Crippen LogP) is 4.91. The number of aromatic nitrogens is 1. The first-order valence-corrected chi connectivity index (χ1v) is 9.01. The van der Waals surface area contributed by atoms with Crippen molar-refractivity contribution in [2.24, 2.45) is 0 Å². The molecule has 0 aliphatic rings. The lowest BCUT2D eigenvalue weighted by Crippen LogP contribution is -2.17. The number of nitrogens with zero attached hydrogens (tertiary/aromatic N) is 1. The van der Waals surface area contributed by atoms with Gasteiger partial charge in [0.15, 0.2) is 0 Å². The molecule has 142 valence electrons. The van der Waals surface area contributed by atoms with Gasteiger partial charge in [0.2, 0.25) is 0 Å². The quantitative estimate of drug-likeness (QED) is 0.580. The molecule has 1 amide bonds. The second kappa shape index (κ2) is 9.01. The third kappa shape index (κ3) is 4.66. The summed E-state index contributed by atoms with van der Waals surface area (Å²) < 4.78 is 5.02. The molecule has 0 unspecified atom stereocenters. The summed E-state index contributed by atoms with van der Waals surface area (Å²) in [7, 11) is 0. The summed E-state index contributed by atoms with van der Waals surface area (Å²) in [6.45, 7) is 1.97. The molecular formula is C21H18ClN3O3. The minimum Gasteiger partial charge on any atom is -0.462 e. The van der Waals surface area contributed by atoms with E-state index in [-0.39, 0.29) is 17.9 Å². The van der Waals surface area contributed by atoms with E-state index in [1.807, 2.05) is 18.2 Å². The van der Waals surface area contributed by atoms with Crippen molar-refractivity contribution in [3.05, 3.63) is 83.1 Å². The minimum atomic E-state index is -0.500. The van der Waals surface area contributed by atoms with Gasteiger partial charge in [0.05, 0.1) is 28.6 Å². The van der Waals surface area contributed by atoms with Crippen LogP contribution < -0.4 is 10.6 Å². The number of ether oxygens (including phenoxy) is 1. The monoisotopic (exact) mass is 395 g/mol. The molecule has 3 aromatic rings. The highest BCUT2D eigenvalue weighted by Gasteiger charge is 2.16. The van der Waals surface area contributed by atoms with Crippen molar-refractivity contribution in [1.82, 2.24) is 4.98 Å². The van der Waals surface area contributed by atoms with Gasteiger partial charge in [-0.2, -0.15) is 0 Å². The van der Waals surface area contributed by atoms with Gasteiger partial charge in [0, 0.05) is 11.9 Å². The van der Waals surface area contributed by atoms with Gasteiger partial charge in [0.25, 0.3) is 5.91 Å². The Morgan fingerprint density at radius 2 is 1.75 bits per heavy atom. The van der Waals surface area contributed by atoms with E-state index in [0.717, 1.165) is 5.69 Å². The van der Waals surface area contributed by atoms with Crippen molar-refractivity contribution < 1.29 is 14.3 Å². The van der Waals surface area contributed by atoms with E-state index in [1.54, 1.807) is 49.4 Å². The number of para-hydroxylation sites is 2. The molecule has 0 aliphatic heterocycles. The lowest BCUT2D eigenvalue weighted by molar-refractivity contribution is 0.0527. The van der Waals surface area contributed by atoms with Crippen LogP contribution >= 0.6 is 11.6 Å². The molecule has 2 N–H and O–H groups in total. The Hall–Kier alpha value is -3.38. The predicted molar refractivity (Wildman–Crippen MR) is 109 cm³/mol. The zero-order valence-corrected chi connectivity index (χ0v) is 15.9. The maximum absolute atomic E-state index is 12.6. The van der Waals surface area contributed by atoms with Crippen LogP contribution in [0.1, 0.15) is 27.8 Å². The molecule has 0 aliphatic carbocycles. The van der Waals surface area contributed by atoms with Crippen LogP contribution in [0, 0.1) is 0 Å². The number of hydrogen-bond acceptors (Lipinski definition) is 5. The van der Waals surface area contributed by atoms with Crippen LogP contribution in [0.2, 0.25) is 5.02 Å². The summed E-state index contributed by atoms with van der Waals surface area (Å²) >= 11 is 6.16. The number of rotatable bonds is 6. The topological polar surface area (TPSA) is 80.3 Å². The van der Waals surface area contributed by atoms with Crippen molar-refractivity contribution in [1.29, 1.82) is 0 Å². The number of pyridine rings is 1. The molecule has 6 nitrogen and oxygen atoms in total. The van der Waals surface area contributed by atoms with Crippen molar-refractivity contribution in [2.45, 2.75) is 6.92 Å². The van der Waals surface area contributed by atoms with Gasteiger partial charge in [-0.3, -0.25) is 9.78 Å². The maximum atomic E-state index is 12.6. The number of hydrogen-bond donors (Lipinski definition) is 2. The number of halogens is 1. The van der Waals surface area contributed by atoms with E-state index < -0.39 is 11.9 Å². The number of anilines is 3. The van der Waals surface area contributed by atoms with Crippen LogP contribution in [0.5, 0.6) is 0 Å². The first-order chi connectivity index (χ1) is 13.6. The van der Waals surface area contributed by atoms with Gasteiger partial charge in [0.1, 0.15) is 5.69 Å². The van der Waals surface area contributed by atoms with Crippen LogP contribution in [-0.2, 0) is 4.74 Å². The number of esters is 1. The maximum Gasteiger partial charge on any atom is 0.340 e. The average Bonchev–Trinajstić information content (AvgIpc) is 2.70. The Morgan fingerprint density at radius 3 is 2.50 bits per heavy atom. The Kier molecular flexibility index (Phi) is 6.24.